The normalized spacial score (nSPS) is 11.2. The van der Waals surface area contributed by atoms with Gasteiger partial charge >= 0.3 is 0 Å². The van der Waals surface area contributed by atoms with Crippen molar-refractivity contribution in [3.05, 3.63) is 113 Å². The Labute approximate surface area is 183 Å². The third-order valence-corrected chi connectivity index (χ3v) is 5.43. The van der Waals surface area contributed by atoms with E-state index in [9.17, 15) is 4.79 Å². The number of ether oxygens (including phenoxy) is 1. The molecular weight excluding hydrogens is 398 g/mol. The Kier molecular flexibility index (Phi) is 4.18. The molecule has 6 aromatic rings. The molecule has 0 aliphatic rings. The van der Waals surface area contributed by atoms with Crippen LogP contribution in [0.4, 0.5) is 0 Å². The number of hydrogen-bond donors (Lipinski definition) is 0. The van der Waals surface area contributed by atoms with Gasteiger partial charge in [0, 0.05) is 10.9 Å². The molecule has 0 radical (unpaired) electrons. The third-order valence-electron chi connectivity index (χ3n) is 5.43. The van der Waals surface area contributed by atoms with Crippen molar-refractivity contribution in [3.8, 4) is 22.9 Å². The fraction of sp³-hybridized carbons (Fsp3) is 0. The number of aromatic nitrogens is 3. The number of fused-ring (bicyclic) bond motifs is 4. The molecule has 0 spiro atoms. The molecule has 6 rings (SSSR count). The molecule has 0 unspecified atom stereocenters. The van der Waals surface area contributed by atoms with Crippen LogP contribution in [0, 0.1) is 0 Å². The molecule has 0 aliphatic carbocycles. The highest BCUT2D eigenvalue weighted by Crippen LogP contribution is 2.29. The fourth-order valence-corrected chi connectivity index (χ4v) is 3.95. The first-order chi connectivity index (χ1) is 15.8. The summed E-state index contributed by atoms with van der Waals surface area (Å²) in [4.78, 5) is 23.2. The van der Waals surface area contributed by atoms with E-state index >= 15 is 0 Å². The zero-order valence-corrected chi connectivity index (χ0v) is 17.0. The summed E-state index contributed by atoms with van der Waals surface area (Å²) < 4.78 is 7.61. The van der Waals surface area contributed by atoms with E-state index in [-0.39, 0.29) is 5.56 Å². The molecule has 0 saturated carbocycles. The number of rotatable bonds is 3. The van der Waals surface area contributed by atoms with Crippen molar-refractivity contribution in [3.63, 3.8) is 0 Å². The maximum Gasteiger partial charge on any atom is 0.267 e. The van der Waals surface area contributed by atoms with Crippen molar-refractivity contribution in [2.45, 2.75) is 0 Å². The second kappa shape index (κ2) is 7.32. The second-order valence-corrected chi connectivity index (χ2v) is 7.49. The SMILES string of the molecule is O=c1c2ccccc2nc2c3ccccc3nc(-c3cccc(Oc4ccccc4)c3)n12. The van der Waals surface area contributed by atoms with Gasteiger partial charge in [0.15, 0.2) is 5.65 Å². The zero-order chi connectivity index (χ0) is 21.5. The number of para-hydroxylation sites is 3. The standard InChI is InChI=1S/C27H17N3O2/c31-27-22-14-5-7-16-24(22)29-26-21-13-4-6-15-23(21)28-25(30(26)27)18-9-8-12-20(17-18)32-19-10-2-1-3-11-19/h1-17H. The average Bonchev–Trinajstić information content (AvgIpc) is 2.84. The summed E-state index contributed by atoms with van der Waals surface area (Å²) in [5, 5.41) is 1.39. The van der Waals surface area contributed by atoms with Gasteiger partial charge in [0.2, 0.25) is 0 Å². The molecule has 4 aromatic carbocycles. The van der Waals surface area contributed by atoms with Crippen LogP contribution in [0.2, 0.25) is 0 Å². The summed E-state index contributed by atoms with van der Waals surface area (Å²) in [6, 6.07) is 32.3. The van der Waals surface area contributed by atoms with Crippen molar-refractivity contribution in [1.82, 2.24) is 14.4 Å². The Morgan fingerprint density at radius 1 is 0.625 bits per heavy atom. The Bertz CT molecular complexity index is 1670. The molecular formula is C27H17N3O2. The van der Waals surface area contributed by atoms with E-state index in [1.807, 2.05) is 97.1 Å². The van der Waals surface area contributed by atoms with E-state index in [0.717, 1.165) is 22.2 Å². The highest BCUT2D eigenvalue weighted by Gasteiger charge is 2.15. The average molecular weight is 415 g/mol. The highest BCUT2D eigenvalue weighted by molar-refractivity contribution is 5.95. The summed E-state index contributed by atoms with van der Waals surface area (Å²) in [5.41, 5.74) is 2.66. The van der Waals surface area contributed by atoms with Crippen LogP contribution < -0.4 is 10.3 Å². The molecule has 5 nitrogen and oxygen atoms in total. The van der Waals surface area contributed by atoms with Crippen LogP contribution in [0.3, 0.4) is 0 Å². The van der Waals surface area contributed by atoms with Gasteiger partial charge in [-0.2, -0.15) is 0 Å². The van der Waals surface area contributed by atoms with Crippen LogP contribution in [0.15, 0.2) is 108 Å². The number of nitrogens with zero attached hydrogens (tertiary/aromatic N) is 3. The fourth-order valence-electron chi connectivity index (χ4n) is 3.95. The molecule has 152 valence electrons. The van der Waals surface area contributed by atoms with Gasteiger partial charge < -0.3 is 4.74 Å². The van der Waals surface area contributed by atoms with Crippen molar-refractivity contribution < 1.29 is 4.74 Å². The van der Waals surface area contributed by atoms with E-state index in [0.29, 0.717) is 28.1 Å². The van der Waals surface area contributed by atoms with Gasteiger partial charge in [-0.25, -0.2) is 14.4 Å². The zero-order valence-electron chi connectivity index (χ0n) is 17.0. The lowest BCUT2D eigenvalue weighted by molar-refractivity contribution is 0.483. The summed E-state index contributed by atoms with van der Waals surface area (Å²) in [7, 11) is 0. The van der Waals surface area contributed by atoms with Gasteiger partial charge in [-0.15, -0.1) is 0 Å². The van der Waals surface area contributed by atoms with E-state index < -0.39 is 0 Å². The molecule has 2 heterocycles. The molecule has 0 saturated heterocycles. The lowest BCUT2D eigenvalue weighted by Gasteiger charge is -2.13. The molecule has 0 fully saturated rings. The van der Waals surface area contributed by atoms with Gasteiger partial charge in [-0.3, -0.25) is 4.79 Å². The first-order valence-electron chi connectivity index (χ1n) is 10.3. The van der Waals surface area contributed by atoms with E-state index in [1.165, 1.54) is 0 Å². The van der Waals surface area contributed by atoms with Gasteiger partial charge in [0.1, 0.15) is 17.3 Å². The lowest BCUT2D eigenvalue weighted by atomic mass is 10.1. The minimum atomic E-state index is -0.145. The lowest BCUT2D eigenvalue weighted by Crippen LogP contribution is -2.18. The summed E-state index contributed by atoms with van der Waals surface area (Å²) in [6.45, 7) is 0. The van der Waals surface area contributed by atoms with E-state index in [2.05, 4.69) is 0 Å². The molecule has 0 aliphatic heterocycles. The summed E-state index contributed by atoms with van der Waals surface area (Å²) in [6.07, 6.45) is 0. The van der Waals surface area contributed by atoms with Crippen LogP contribution >= 0.6 is 0 Å². The Morgan fingerprint density at radius 2 is 1.28 bits per heavy atom. The van der Waals surface area contributed by atoms with E-state index in [1.54, 1.807) is 10.5 Å². The monoisotopic (exact) mass is 415 g/mol. The number of hydrogen-bond acceptors (Lipinski definition) is 4. The maximum absolute atomic E-state index is 13.6. The third kappa shape index (κ3) is 2.99. The van der Waals surface area contributed by atoms with Crippen LogP contribution in [-0.4, -0.2) is 14.4 Å². The van der Waals surface area contributed by atoms with Crippen LogP contribution in [0.1, 0.15) is 0 Å². The first-order valence-corrected chi connectivity index (χ1v) is 10.3. The minimum absolute atomic E-state index is 0.145. The van der Waals surface area contributed by atoms with Crippen LogP contribution in [-0.2, 0) is 0 Å². The topological polar surface area (TPSA) is 56.5 Å². The summed E-state index contributed by atoms with van der Waals surface area (Å²) in [5.74, 6) is 1.94. The smallest absolute Gasteiger partial charge is 0.267 e. The van der Waals surface area contributed by atoms with Crippen molar-refractivity contribution in [2.24, 2.45) is 0 Å². The molecule has 0 atom stereocenters. The Hall–Kier alpha value is -4.51. The molecule has 0 bridgehead atoms. The van der Waals surface area contributed by atoms with Crippen molar-refractivity contribution in [1.29, 1.82) is 0 Å². The van der Waals surface area contributed by atoms with Crippen LogP contribution in [0.25, 0.3) is 38.8 Å². The Balaban J connectivity index is 1.65. The largest absolute Gasteiger partial charge is 0.457 e. The molecule has 5 heteroatoms. The Morgan fingerprint density at radius 3 is 2.09 bits per heavy atom. The molecule has 2 aromatic heterocycles. The first kappa shape index (κ1) is 18.3. The van der Waals surface area contributed by atoms with Crippen molar-refractivity contribution >= 4 is 27.5 Å². The van der Waals surface area contributed by atoms with Crippen molar-refractivity contribution in [2.75, 3.05) is 0 Å². The summed E-state index contributed by atoms with van der Waals surface area (Å²) >= 11 is 0. The molecule has 0 N–H and O–H groups in total. The molecule has 32 heavy (non-hydrogen) atoms. The maximum atomic E-state index is 13.6. The predicted octanol–water partition coefficient (Wildman–Crippen LogP) is 5.86. The highest BCUT2D eigenvalue weighted by atomic mass is 16.5. The van der Waals surface area contributed by atoms with Gasteiger partial charge in [0.25, 0.3) is 5.56 Å². The predicted molar refractivity (Wildman–Crippen MR) is 126 cm³/mol. The van der Waals surface area contributed by atoms with Gasteiger partial charge in [-0.05, 0) is 48.5 Å². The molecule has 0 amide bonds. The quantitative estimate of drug-likeness (QED) is 0.269. The second-order valence-electron chi connectivity index (χ2n) is 7.49. The van der Waals surface area contributed by atoms with Crippen LogP contribution in [0.5, 0.6) is 11.5 Å². The van der Waals surface area contributed by atoms with Gasteiger partial charge in [0.05, 0.1) is 16.4 Å². The van der Waals surface area contributed by atoms with E-state index in [4.69, 9.17) is 14.7 Å². The number of benzene rings is 4. The van der Waals surface area contributed by atoms with Gasteiger partial charge in [-0.1, -0.05) is 54.6 Å². The minimum Gasteiger partial charge on any atom is -0.457 e.